The molecule has 0 radical (unpaired) electrons. The van der Waals surface area contributed by atoms with Gasteiger partial charge in [-0.2, -0.15) is 0 Å². The molecule has 1 unspecified atom stereocenters. The van der Waals surface area contributed by atoms with E-state index in [1.807, 2.05) is 29.2 Å². The highest BCUT2D eigenvalue weighted by atomic mass is 16.3. The van der Waals surface area contributed by atoms with Crippen LogP contribution in [-0.2, 0) is 22.6 Å². The van der Waals surface area contributed by atoms with E-state index in [2.05, 4.69) is 75.8 Å². The molecule has 7 heterocycles. The van der Waals surface area contributed by atoms with E-state index >= 15 is 0 Å². The van der Waals surface area contributed by atoms with Crippen LogP contribution in [0.5, 0.6) is 0 Å². The molecule has 6 aliphatic heterocycles. The van der Waals surface area contributed by atoms with E-state index in [-0.39, 0.29) is 48.8 Å². The van der Waals surface area contributed by atoms with Crippen LogP contribution in [0.2, 0.25) is 0 Å². The molecule has 0 bridgehead atoms. The molecule has 18 nitrogen and oxygen atoms in total. The van der Waals surface area contributed by atoms with E-state index in [4.69, 9.17) is 0 Å². The lowest BCUT2D eigenvalue weighted by Crippen LogP contribution is -2.54. The number of aromatic nitrogens is 2. The Morgan fingerprint density at radius 1 is 0.722 bits per heavy atom. The summed E-state index contributed by atoms with van der Waals surface area (Å²) in [5, 5.41) is 19.2. The quantitative estimate of drug-likeness (QED) is 0.126. The molecule has 4 fully saturated rings. The molecule has 10 rings (SSSR count). The van der Waals surface area contributed by atoms with E-state index in [9.17, 15) is 33.9 Å². The first-order valence-corrected chi connectivity index (χ1v) is 25.8. The maximum absolute atomic E-state index is 13.6. The summed E-state index contributed by atoms with van der Waals surface area (Å²) in [5.74, 6) is -1.10. The van der Waals surface area contributed by atoms with Gasteiger partial charge in [0.05, 0.1) is 17.2 Å². The molecule has 3 aromatic carbocycles. The van der Waals surface area contributed by atoms with Gasteiger partial charge in [-0.15, -0.1) is 0 Å². The number of rotatable bonds is 15. The first kappa shape index (κ1) is 48.8. The number of fused-ring (bicyclic) bond motifs is 2. The number of β-amino-alcohol motifs (C(OH)–C–C–N with tert-alkyl or cyclic N) is 1. The van der Waals surface area contributed by atoms with E-state index in [0.29, 0.717) is 48.1 Å². The number of hydrogen-bond donors (Lipinski definition) is 4. The number of piperidine rings is 3. The monoisotopic (exact) mass is 980 g/mol. The zero-order chi connectivity index (χ0) is 49.7. The van der Waals surface area contributed by atoms with Gasteiger partial charge in [0.1, 0.15) is 23.9 Å². The van der Waals surface area contributed by atoms with Crippen LogP contribution in [0.3, 0.4) is 0 Å². The van der Waals surface area contributed by atoms with E-state index in [1.54, 1.807) is 18.2 Å². The first-order chi connectivity index (χ1) is 35.0. The van der Waals surface area contributed by atoms with Crippen LogP contribution in [0, 0.1) is 5.92 Å². The number of nitrogens with zero attached hydrogens (tertiary/aromatic N) is 8. The van der Waals surface area contributed by atoms with Crippen molar-refractivity contribution >= 4 is 52.6 Å². The van der Waals surface area contributed by atoms with Crippen molar-refractivity contribution in [2.75, 3.05) is 93.7 Å². The third kappa shape index (κ3) is 11.1. The van der Waals surface area contributed by atoms with Crippen LogP contribution in [0.25, 0.3) is 0 Å². The second kappa shape index (κ2) is 21.9. The summed E-state index contributed by atoms with van der Waals surface area (Å²) in [6.07, 6.45) is 7.77. The van der Waals surface area contributed by atoms with E-state index in [1.165, 1.54) is 23.9 Å². The maximum atomic E-state index is 13.6. The number of likely N-dealkylation sites (tertiary alicyclic amines) is 1. The lowest BCUT2D eigenvalue weighted by molar-refractivity contribution is -0.136. The van der Waals surface area contributed by atoms with Crippen molar-refractivity contribution in [3.05, 3.63) is 113 Å². The molecule has 4 aromatic rings. The average Bonchev–Trinajstić information content (AvgIpc) is 3.65. The van der Waals surface area contributed by atoms with Crippen molar-refractivity contribution in [3.8, 4) is 0 Å². The highest BCUT2D eigenvalue weighted by Crippen LogP contribution is 2.33. The average molecular weight is 980 g/mol. The SMILES string of the molecule is O=C1CCC(N2C(=O)c3ccc(N4CCC(CCCN5CCN(c6ccc(C(=O)N7CCC(Nc8cc(C(=O)NC[C@H](O)CN9CCc%10ccccc%10C9)ncn8)CC7)cc6)CC5)CC4)cc3C2=O)C(=O)N1. The molecule has 6 amide bonds. The Morgan fingerprint density at radius 2 is 1.44 bits per heavy atom. The number of hydrogen-bond acceptors (Lipinski definition) is 14. The summed E-state index contributed by atoms with van der Waals surface area (Å²) in [6, 6.07) is 22.5. The number of imide groups is 2. The minimum Gasteiger partial charge on any atom is -0.390 e. The Bertz CT molecular complexity index is 2660. The molecule has 4 saturated heterocycles. The Labute approximate surface area is 420 Å². The molecule has 0 spiro atoms. The van der Waals surface area contributed by atoms with Gasteiger partial charge < -0.3 is 30.4 Å². The normalized spacial score (nSPS) is 20.8. The number of benzene rings is 3. The molecular weight excluding hydrogens is 915 g/mol. The number of anilines is 3. The molecule has 378 valence electrons. The topological polar surface area (TPSA) is 204 Å². The summed E-state index contributed by atoms with van der Waals surface area (Å²) in [6.45, 7) is 10.1. The second-order valence-corrected chi connectivity index (χ2v) is 20.2. The zero-order valence-corrected chi connectivity index (χ0v) is 40.8. The standard InChI is InChI=1S/C54H65N11O7/c66-43(34-61-21-17-37-5-1-2-6-39(37)33-61)32-55-50(68)46-31-48(57-35-56-46)58-40-18-24-64(25-19-40)52(70)38-7-9-41(10-8-38)63-28-26-60(27-29-63)20-3-4-36-15-22-62(23-16-36)42-11-12-44-45(30-42)54(72)65(53(44)71)47-13-14-49(67)59-51(47)69/h1-2,5-12,30-31,35-36,40,43,47,66H,3-4,13-29,32-34H2,(H,55,68)(H,56,57,58)(H,59,67,69)/t43-,47?/m0/s1. The Morgan fingerprint density at radius 3 is 2.21 bits per heavy atom. The number of piperazine rings is 1. The van der Waals surface area contributed by atoms with Crippen molar-refractivity contribution in [1.82, 2.24) is 40.2 Å². The highest BCUT2D eigenvalue weighted by molar-refractivity contribution is 6.23. The van der Waals surface area contributed by atoms with Crippen LogP contribution < -0.4 is 25.8 Å². The van der Waals surface area contributed by atoms with E-state index < -0.39 is 29.9 Å². The van der Waals surface area contributed by atoms with Crippen molar-refractivity contribution in [3.63, 3.8) is 0 Å². The second-order valence-electron chi connectivity index (χ2n) is 20.2. The number of carbonyl (C=O) groups excluding carboxylic acids is 6. The lowest BCUT2D eigenvalue weighted by atomic mass is 9.91. The van der Waals surface area contributed by atoms with Gasteiger partial charge in [-0.25, -0.2) is 9.97 Å². The van der Waals surface area contributed by atoms with Gasteiger partial charge in [0.2, 0.25) is 11.8 Å². The van der Waals surface area contributed by atoms with Gasteiger partial charge in [-0.05, 0) is 117 Å². The molecule has 18 heteroatoms. The van der Waals surface area contributed by atoms with Crippen LogP contribution in [-0.4, -0.2) is 167 Å². The van der Waals surface area contributed by atoms with Crippen LogP contribution in [0.1, 0.15) is 104 Å². The van der Waals surface area contributed by atoms with E-state index in [0.717, 1.165) is 114 Å². The summed E-state index contributed by atoms with van der Waals surface area (Å²) >= 11 is 0. The zero-order valence-electron chi connectivity index (χ0n) is 40.8. The van der Waals surface area contributed by atoms with Gasteiger partial charge in [0.15, 0.2) is 0 Å². The molecule has 2 atom stereocenters. The fourth-order valence-corrected chi connectivity index (χ4v) is 11.3. The molecule has 6 aliphatic rings. The third-order valence-corrected chi connectivity index (χ3v) is 15.6. The van der Waals surface area contributed by atoms with Crippen molar-refractivity contribution in [2.45, 2.75) is 82.5 Å². The Hall–Kier alpha value is -6.76. The van der Waals surface area contributed by atoms with Gasteiger partial charge in [-0.1, -0.05) is 24.3 Å². The van der Waals surface area contributed by atoms with Crippen LogP contribution in [0.4, 0.5) is 17.2 Å². The smallest absolute Gasteiger partial charge is 0.270 e. The summed E-state index contributed by atoms with van der Waals surface area (Å²) in [7, 11) is 0. The number of carbonyl (C=O) groups is 6. The highest BCUT2D eigenvalue weighted by Gasteiger charge is 2.45. The minimum atomic E-state index is -0.968. The molecule has 0 saturated carbocycles. The first-order valence-electron chi connectivity index (χ1n) is 25.8. The number of aliphatic hydroxyl groups excluding tert-OH is 1. The molecular formula is C54H65N11O7. The van der Waals surface area contributed by atoms with Gasteiger partial charge in [-0.3, -0.25) is 48.8 Å². The predicted octanol–water partition coefficient (Wildman–Crippen LogP) is 3.56. The lowest BCUT2D eigenvalue weighted by Gasteiger charge is -2.37. The molecule has 72 heavy (non-hydrogen) atoms. The fraction of sp³-hybridized carbons (Fsp3) is 0.481. The van der Waals surface area contributed by atoms with Crippen molar-refractivity contribution < 1.29 is 33.9 Å². The number of nitrogens with one attached hydrogen (secondary N) is 3. The largest absolute Gasteiger partial charge is 0.390 e. The minimum absolute atomic E-state index is 0.0290. The number of aliphatic hydroxyl groups is 1. The third-order valence-electron chi connectivity index (χ3n) is 15.6. The maximum Gasteiger partial charge on any atom is 0.270 e. The Kier molecular flexibility index (Phi) is 14.9. The van der Waals surface area contributed by atoms with Crippen LogP contribution >= 0.6 is 0 Å². The predicted molar refractivity (Wildman–Crippen MR) is 271 cm³/mol. The molecule has 4 N–H and O–H groups in total. The number of amides is 6. The van der Waals surface area contributed by atoms with Crippen molar-refractivity contribution in [2.24, 2.45) is 5.92 Å². The molecule has 1 aromatic heterocycles. The van der Waals surface area contributed by atoms with Gasteiger partial charge >= 0.3 is 0 Å². The summed E-state index contributed by atoms with van der Waals surface area (Å²) < 4.78 is 0. The van der Waals surface area contributed by atoms with Gasteiger partial charge in [0.25, 0.3) is 23.6 Å². The van der Waals surface area contributed by atoms with Gasteiger partial charge in [0, 0.05) is 114 Å². The van der Waals surface area contributed by atoms with Crippen molar-refractivity contribution in [1.29, 1.82) is 0 Å². The van der Waals surface area contributed by atoms with Crippen LogP contribution in [0.15, 0.2) is 79.1 Å². The summed E-state index contributed by atoms with van der Waals surface area (Å²) in [5.41, 5.74) is 6.22. The fourth-order valence-electron chi connectivity index (χ4n) is 11.3. The summed E-state index contributed by atoms with van der Waals surface area (Å²) in [4.78, 5) is 98.1. The molecule has 0 aliphatic carbocycles. The Balaban J connectivity index is 0.601.